The van der Waals surface area contributed by atoms with Gasteiger partial charge in [0.25, 0.3) is 0 Å². The molecule has 0 spiro atoms. The summed E-state index contributed by atoms with van der Waals surface area (Å²) in [6.45, 7) is 2.96. The highest BCUT2D eigenvalue weighted by atomic mass is 16.7. The maximum absolute atomic E-state index is 5.50. The van der Waals surface area contributed by atoms with Crippen LogP contribution in [0.3, 0.4) is 0 Å². The van der Waals surface area contributed by atoms with Crippen molar-refractivity contribution in [3.05, 3.63) is 23.8 Å². The van der Waals surface area contributed by atoms with E-state index in [0.717, 1.165) is 44.1 Å². The SMILES string of the molecule is CNCC1(c2ccc3c(c2)OCO3)CCOCC1. The second-order valence-electron chi connectivity index (χ2n) is 4.99. The minimum absolute atomic E-state index is 0.161. The van der Waals surface area contributed by atoms with Crippen LogP contribution in [-0.4, -0.2) is 33.6 Å². The van der Waals surface area contributed by atoms with Gasteiger partial charge in [-0.05, 0) is 37.6 Å². The number of ether oxygens (including phenoxy) is 3. The lowest BCUT2D eigenvalue weighted by Crippen LogP contribution is -2.41. The van der Waals surface area contributed by atoms with Gasteiger partial charge in [-0.15, -0.1) is 0 Å². The van der Waals surface area contributed by atoms with E-state index >= 15 is 0 Å². The molecule has 1 aromatic rings. The molecule has 3 rings (SSSR count). The summed E-state index contributed by atoms with van der Waals surface area (Å²) >= 11 is 0. The fraction of sp³-hybridized carbons (Fsp3) is 0.571. The van der Waals surface area contributed by atoms with E-state index in [1.165, 1.54) is 5.56 Å². The van der Waals surface area contributed by atoms with Gasteiger partial charge < -0.3 is 19.5 Å². The van der Waals surface area contributed by atoms with Crippen molar-refractivity contribution in [3.63, 3.8) is 0 Å². The van der Waals surface area contributed by atoms with Gasteiger partial charge in [0, 0.05) is 25.2 Å². The number of hydrogen-bond acceptors (Lipinski definition) is 4. The lowest BCUT2D eigenvalue weighted by Gasteiger charge is -2.37. The molecule has 1 saturated heterocycles. The van der Waals surface area contributed by atoms with Gasteiger partial charge in [-0.3, -0.25) is 0 Å². The van der Waals surface area contributed by atoms with E-state index in [2.05, 4.69) is 17.4 Å². The normalized spacial score (nSPS) is 20.9. The highest BCUT2D eigenvalue weighted by Gasteiger charge is 2.34. The van der Waals surface area contributed by atoms with Crippen molar-refractivity contribution >= 4 is 0 Å². The van der Waals surface area contributed by atoms with Crippen LogP contribution in [-0.2, 0) is 10.2 Å². The summed E-state index contributed by atoms with van der Waals surface area (Å²) in [5.74, 6) is 1.72. The van der Waals surface area contributed by atoms with E-state index < -0.39 is 0 Å². The second kappa shape index (κ2) is 4.78. The second-order valence-corrected chi connectivity index (χ2v) is 4.99. The van der Waals surface area contributed by atoms with Crippen LogP contribution in [0, 0.1) is 0 Å². The zero-order valence-corrected chi connectivity index (χ0v) is 10.7. The standard InChI is InChI=1S/C14H19NO3/c1-15-9-14(4-6-16-7-5-14)11-2-3-12-13(8-11)18-10-17-12/h2-3,8,15H,4-7,9-10H2,1H3. The molecule has 0 bridgehead atoms. The molecule has 0 saturated carbocycles. The smallest absolute Gasteiger partial charge is 0.231 e. The quantitative estimate of drug-likeness (QED) is 0.884. The molecule has 18 heavy (non-hydrogen) atoms. The Morgan fingerprint density at radius 1 is 1.17 bits per heavy atom. The molecule has 1 aromatic carbocycles. The molecule has 0 aromatic heterocycles. The van der Waals surface area contributed by atoms with Crippen LogP contribution in [0.25, 0.3) is 0 Å². The molecule has 4 nitrogen and oxygen atoms in total. The van der Waals surface area contributed by atoms with Gasteiger partial charge in [0.2, 0.25) is 6.79 Å². The van der Waals surface area contributed by atoms with Crippen molar-refractivity contribution < 1.29 is 14.2 Å². The molecule has 4 heteroatoms. The van der Waals surface area contributed by atoms with E-state index in [1.807, 2.05) is 13.1 Å². The Bertz CT molecular complexity index is 422. The van der Waals surface area contributed by atoms with E-state index in [9.17, 15) is 0 Å². The average molecular weight is 249 g/mol. The number of hydrogen-bond donors (Lipinski definition) is 1. The molecule has 2 aliphatic rings. The predicted molar refractivity (Wildman–Crippen MR) is 68.2 cm³/mol. The summed E-state index contributed by atoms with van der Waals surface area (Å²) in [7, 11) is 2.00. The zero-order valence-electron chi connectivity index (χ0n) is 10.7. The first-order valence-corrected chi connectivity index (χ1v) is 6.47. The largest absolute Gasteiger partial charge is 0.454 e. The maximum Gasteiger partial charge on any atom is 0.231 e. The van der Waals surface area contributed by atoms with Crippen LogP contribution in [0.15, 0.2) is 18.2 Å². The summed E-state index contributed by atoms with van der Waals surface area (Å²) in [6.07, 6.45) is 2.10. The van der Waals surface area contributed by atoms with E-state index in [4.69, 9.17) is 14.2 Å². The number of fused-ring (bicyclic) bond motifs is 1. The third-order valence-corrected chi connectivity index (χ3v) is 3.95. The monoisotopic (exact) mass is 249 g/mol. The number of benzene rings is 1. The minimum Gasteiger partial charge on any atom is -0.454 e. The van der Waals surface area contributed by atoms with Crippen molar-refractivity contribution in [2.24, 2.45) is 0 Å². The summed E-state index contributed by atoms with van der Waals surface area (Å²) < 4.78 is 16.4. The molecule has 0 aliphatic carbocycles. The molecule has 1 N–H and O–H groups in total. The first-order valence-electron chi connectivity index (χ1n) is 6.47. The third kappa shape index (κ3) is 1.95. The van der Waals surface area contributed by atoms with Gasteiger partial charge in [0.1, 0.15) is 0 Å². The Kier molecular flexibility index (Phi) is 3.14. The summed E-state index contributed by atoms with van der Waals surface area (Å²) in [5.41, 5.74) is 1.48. The van der Waals surface area contributed by atoms with Crippen LogP contribution in [0.4, 0.5) is 0 Å². The van der Waals surface area contributed by atoms with Crippen LogP contribution in [0.2, 0.25) is 0 Å². The Hall–Kier alpha value is -1.26. The summed E-state index contributed by atoms with van der Waals surface area (Å²) in [5, 5.41) is 3.32. The summed E-state index contributed by atoms with van der Waals surface area (Å²) in [6, 6.07) is 6.31. The topological polar surface area (TPSA) is 39.7 Å². The lowest BCUT2D eigenvalue weighted by atomic mass is 9.74. The molecular weight excluding hydrogens is 230 g/mol. The average Bonchev–Trinajstić information content (AvgIpc) is 2.87. The number of nitrogens with one attached hydrogen (secondary N) is 1. The lowest BCUT2D eigenvalue weighted by molar-refractivity contribution is 0.0505. The fourth-order valence-corrected chi connectivity index (χ4v) is 2.89. The molecule has 0 amide bonds. The van der Waals surface area contributed by atoms with Crippen molar-refractivity contribution in [2.45, 2.75) is 18.3 Å². The first kappa shape index (κ1) is 11.8. The van der Waals surface area contributed by atoms with Crippen molar-refractivity contribution in [2.75, 3.05) is 33.6 Å². The number of rotatable bonds is 3. The molecule has 2 heterocycles. The van der Waals surface area contributed by atoms with Crippen LogP contribution < -0.4 is 14.8 Å². The third-order valence-electron chi connectivity index (χ3n) is 3.95. The van der Waals surface area contributed by atoms with E-state index in [1.54, 1.807) is 0 Å². The van der Waals surface area contributed by atoms with Gasteiger partial charge >= 0.3 is 0 Å². The van der Waals surface area contributed by atoms with Crippen molar-refractivity contribution in [1.29, 1.82) is 0 Å². The zero-order chi connectivity index (χ0) is 12.4. The highest BCUT2D eigenvalue weighted by Crippen LogP contribution is 2.40. The predicted octanol–water partition coefficient (Wildman–Crippen LogP) is 1.68. The number of likely N-dealkylation sites (N-methyl/N-ethyl adjacent to an activating group) is 1. The Morgan fingerprint density at radius 2 is 1.94 bits per heavy atom. The van der Waals surface area contributed by atoms with Gasteiger partial charge in [0.15, 0.2) is 11.5 Å². The Morgan fingerprint density at radius 3 is 2.72 bits per heavy atom. The van der Waals surface area contributed by atoms with E-state index in [0.29, 0.717) is 6.79 Å². The molecule has 2 aliphatic heterocycles. The van der Waals surface area contributed by atoms with Crippen LogP contribution >= 0.6 is 0 Å². The van der Waals surface area contributed by atoms with Gasteiger partial charge in [-0.1, -0.05) is 6.07 Å². The highest BCUT2D eigenvalue weighted by molar-refractivity contribution is 5.46. The first-order chi connectivity index (χ1) is 8.84. The molecule has 0 atom stereocenters. The fourth-order valence-electron chi connectivity index (χ4n) is 2.89. The maximum atomic E-state index is 5.50. The van der Waals surface area contributed by atoms with Gasteiger partial charge in [-0.25, -0.2) is 0 Å². The molecule has 98 valence electrons. The van der Waals surface area contributed by atoms with Crippen LogP contribution in [0.5, 0.6) is 11.5 Å². The van der Waals surface area contributed by atoms with Gasteiger partial charge in [-0.2, -0.15) is 0 Å². The summed E-state index contributed by atoms with van der Waals surface area (Å²) in [4.78, 5) is 0. The van der Waals surface area contributed by atoms with Gasteiger partial charge in [0.05, 0.1) is 0 Å². The Labute approximate surface area is 107 Å². The Balaban J connectivity index is 1.94. The van der Waals surface area contributed by atoms with E-state index in [-0.39, 0.29) is 5.41 Å². The molecule has 0 unspecified atom stereocenters. The minimum atomic E-state index is 0.161. The van der Waals surface area contributed by atoms with Crippen LogP contribution in [0.1, 0.15) is 18.4 Å². The van der Waals surface area contributed by atoms with Crippen molar-refractivity contribution in [3.8, 4) is 11.5 Å². The van der Waals surface area contributed by atoms with Crippen molar-refractivity contribution in [1.82, 2.24) is 5.32 Å². The molecule has 0 radical (unpaired) electrons. The molecular formula is C14H19NO3. The molecule has 1 fully saturated rings.